The first-order valence-corrected chi connectivity index (χ1v) is 12.2. The number of halogens is 2. The summed E-state index contributed by atoms with van der Waals surface area (Å²) in [5, 5.41) is 4.30. The van der Waals surface area contributed by atoms with Crippen LogP contribution in [0.15, 0.2) is 42.5 Å². The zero-order chi connectivity index (χ0) is 21.7. The Morgan fingerprint density at radius 1 is 1.17 bits per heavy atom. The zero-order valence-electron chi connectivity index (χ0n) is 17.0. The van der Waals surface area contributed by atoms with Crippen molar-refractivity contribution >= 4 is 33.2 Å². The van der Waals surface area contributed by atoms with Crippen LogP contribution in [0.25, 0.3) is 0 Å². The molecular formula is C21H26Cl2N2O4S. The van der Waals surface area contributed by atoms with Gasteiger partial charge in [0, 0.05) is 32.1 Å². The van der Waals surface area contributed by atoms with Crippen molar-refractivity contribution < 1.29 is 17.9 Å². The van der Waals surface area contributed by atoms with Gasteiger partial charge in [0.15, 0.2) is 0 Å². The number of benzene rings is 2. The van der Waals surface area contributed by atoms with Crippen LogP contribution in [0.2, 0.25) is 10.0 Å². The van der Waals surface area contributed by atoms with Crippen molar-refractivity contribution in [1.29, 1.82) is 0 Å². The molecule has 2 aromatic rings. The van der Waals surface area contributed by atoms with Gasteiger partial charge >= 0.3 is 0 Å². The molecule has 0 amide bonds. The number of sulfonamides is 1. The molecular weight excluding hydrogens is 447 g/mol. The normalized spacial score (nSPS) is 20.2. The highest BCUT2D eigenvalue weighted by molar-refractivity contribution is 7.88. The summed E-state index contributed by atoms with van der Waals surface area (Å²) in [6.45, 7) is 2.35. The Morgan fingerprint density at radius 2 is 1.90 bits per heavy atom. The van der Waals surface area contributed by atoms with Crippen LogP contribution in [0.5, 0.6) is 5.75 Å². The zero-order valence-corrected chi connectivity index (χ0v) is 19.3. The smallest absolute Gasteiger partial charge is 0.211 e. The van der Waals surface area contributed by atoms with Crippen LogP contribution in [0.4, 0.5) is 0 Å². The molecule has 0 saturated carbocycles. The number of rotatable bonds is 7. The lowest BCUT2D eigenvalue weighted by molar-refractivity contribution is 0.0383. The van der Waals surface area contributed by atoms with Crippen molar-refractivity contribution in [3.8, 4) is 5.75 Å². The van der Waals surface area contributed by atoms with Crippen molar-refractivity contribution in [3.05, 3.63) is 63.6 Å². The monoisotopic (exact) mass is 472 g/mol. The molecule has 164 valence electrons. The van der Waals surface area contributed by atoms with E-state index in [0.29, 0.717) is 29.7 Å². The Morgan fingerprint density at radius 3 is 2.53 bits per heavy atom. The van der Waals surface area contributed by atoms with E-state index in [1.807, 2.05) is 36.4 Å². The maximum atomic E-state index is 12.6. The molecule has 0 bridgehead atoms. The first-order valence-electron chi connectivity index (χ1n) is 9.63. The molecule has 6 nitrogen and oxygen atoms in total. The third-order valence-electron chi connectivity index (χ3n) is 5.17. The van der Waals surface area contributed by atoms with Crippen LogP contribution < -0.4 is 10.1 Å². The van der Waals surface area contributed by atoms with Crippen LogP contribution >= 0.6 is 23.2 Å². The molecule has 9 heteroatoms. The minimum Gasteiger partial charge on any atom is -0.497 e. The van der Waals surface area contributed by atoms with Crippen LogP contribution in [0.1, 0.15) is 17.0 Å². The van der Waals surface area contributed by atoms with Gasteiger partial charge in [-0.1, -0.05) is 41.4 Å². The van der Waals surface area contributed by atoms with Gasteiger partial charge in [-0.2, -0.15) is 4.31 Å². The lowest BCUT2D eigenvalue weighted by Gasteiger charge is -2.30. The van der Waals surface area contributed by atoms with Gasteiger partial charge in [-0.05, 0) is 35.4 Å². The van der Waals surface area contributed by atoms with E-state index in [0.717, 1.165) is 16.9 Å². The molecule has 2 aromatic carbocycles. The van der Waals surface area contributed by atoms with Gasteiger partial charge in [-0.25, -0.2) is 8.42 Å². The van der Waals surface area contributed by atoms with E-state index < -0.39 is 10.0 Å². The second-order valence-corrected chi connectivity index (χ2v) is 10.1. The quantitative estimate of drug-likeness (QED) is 0.667. The highest BCUT2D eigenvalue weighted by Gasteiger charge is 2.31. The summed E-state index contributed by atoms with van der Waals surface area (Å²) in [5.41, 5.74) is 1.83. The molecule has 0 radical (unpaired) electrons. The summed E-state index contributed by atoms with van der Waals surface area (Å²) in [4.78, 5) is 0. The molecule has 30 heavy (non-hydrogen) atoms. The van der Waals surface area contributed by atoms with Gasteiger partial charge in [0.05, 0.1) is 36.1 Å². The predicted molar refractivity (Wildman–Crippen MR) is 120 cm³/mol. The minimum atomic E-state index is -3.46. The van der Waals surface area contributed by atoms with Crippen LogP contribution in [0.3, 0.4) is 0 Å². The Labute approximate surface area is 188 Å². The van der Waals surface area contributed by atoms with E-state index in [1.165, 1.54) is 10.6 Å². The fraction of sp³-hybridized carbons (Fsp3) is 0.429. The van der Waals surface area contributed by atoms with Gasteiger partial charge in [-0.15, -0.1) is 0 Å². The molecule has 1 N–H and O–H groups in total. The molecule has 1 aliphatic heterocycles. The van der Waals surface area contributed by atoms with E-state index in [1.54, 1.807) is 13.2 Å². The first-order chi connectivity index (χ1) is 14.3. The van der Waals surface area contributed by atoms with E-state index in [-0.39, 0.29) is 25.1 Å². The van der Waals surface area contributed by atoms with Crippen LogP contribution in [0, 0.1) is 0 Å². The molecule has 1 saturated heterocycles. The van der Waals surface area contributed by atoms with Crippen molar-refractivity contribution in [3.63, 3.8) is 0 Å². The highest BCUT2D eigenvalue weighted by atomic mass is 35.5. The number of hydrogen-bond donors (Lipinski definition) is 1. The molecule has 1 heterocycles. The summed E-state index contributed by atoms with van der Waals surface area (Å²) in [6, 6.07) is 12.9. The van der Waals surface area contributed by atoms with E-state index in [4.69, 9.17) is 32.7 Å². The second-order valence-electron chi connectivity index (χ2n) is 7.30. The van der Waals surface area contributed by atoms with E-state index in [2.05, 4.69) is 5.32 Å². The summed E-state index contributed by atoms with van der Waals surface area (Å²) in [5.74, 6) is 0.657. The number of methoxy groups -OCH3 is 1. The van der Waals surface area contributed by atoms with E-state index >= 15 is 0 Å². The molecule has 2 atom stereocenters. The third-order valence-corrected chi connectivity index (χ3v) is 7.12. The Balaban J connectivity index is 1.84. The Bertz CT molecular complexity index is 954. The fourth-order valence-electron chi connectivity index (χ4n) is 3.50. The fourth-order valence-corrected chi connectivity index (χ4v) is 4.60. The molecule has 0 spiro atoms. The third kappa shape index (κ3) is 6.09. The summed E-state index contributed by atoms with van der Waals surface area (Å²) >= 11 is 12.3. The van der Waals surface area contributed by atoms with Gasteiger partial charge in [0.25, 0.3) is 0 Å². The SMILES string of the molecule is COc1ccc(CN(C[C@@H]2OCCNC[C@@H]2c2ccc(Cl)c(Cl)c2)S(C)(=O)=O)cc1. The molecule has 3 rings (SSSR count). The van der Waals surface area contributed by atoms with Gasteiger partial charge in [-0.3, -0.25) is 0 Å². The maximum absolute atomic E-state index is 12.6. The predicted octanol–water partition coefficient (Wildman–Crippen LogP) is 3.54. The summed E-state index contributed by atoms with van der Waals surface area (Å²) in [6.07, 6.45) is 0.893. The summed E-state index contributed by atoms with van der Waals surface area (Å²) in [7, 11) is -1.86. The van der Waals surface area contributed by atoms with Crippen LogP contribution in [-0.4, -0.2) is 58.4 Å². The van der Waals surface area contributed by atoms with Crippen molar-refractivity contribution in [2.24, 2.45) is 0 Å². The second kappa shape index (κ2) is 10.3. The lowest BCUT2D eigenvalue weighted by atomic mass is 9.93. The lowest BCUT2D eigenvalue weighted by Crippen LogP contribution is -2.41. The molecule has 1 fully saturated rings. The van der Waals surface area contributed by atoms with Gasteiger partial charge in [0.2, 0.25) is 10.0 Å². The Hall–Kier alpha value is -1.35. The Kier molecular flexibility index (Phi) is 8.01. The molecule has 1 aliphatic rings. The van der Waals surface area contributed by atoms with Gasteiger partial charge in [0.1, 0.15) is 5.75 Å². The van der Waals surface area contributed by atoms with Crippen molar-refractivity contribution in [1.82, 2.24) is 9.62 Å². The maximum Gasteiger partial charge on any atom is 0.211 e. The van der Waals surface area contributed by atoms with Crippen molar-refractivity contribution in [2.45, 2.75) is 18.6 Å². The number of hydrogen-bond acceptors (Lipinski definition) is 5. The highest BCUT2D eigenvalue weighted by Crippen LogP contribution is 2.30. The largest absolute Gasteiger partial charge is 0.497 e. The van der Waals surface area contributed by atoms with Crippen LogP contribution in [-0.2, 0) is 21.3 Å². The molecule has 0 aliphatic carbocycles. The number of nitrogens with zero attached hydrogens (tertiary/aromatic N) is 1. The number of nitrogens with one attached hydrogen (secondary N) is 1. The minimum absolute atomic E-state index is 0.0672. The topological polar surface area (TPSA) is 67.9 Å². The van der Waals surface area contributed by atoms with E-state index in [9.17, 15) is 8.42 Å². The number of ether oxygens (including phenoxy) is 2. The standard InChI is InChI=1S/C21H26Cl2N2O4S/c1-28-17-6-3-15(4-7-17)13-25(30(2,26)27)14-21-18(12-24-9-10-29-21)16-5-8-19(22)20(23)11-16/h3-8,11,18,21,24H,9-10,12-14H2,1-2H3/t18-,21+/m1/s1. The molecule has 0 aromatic heterocycles. The van der Waals surface area contributed by atoms with Crippen molar-refractivity contribution in [2.75, 3.05) is 39.6 Å². The first kappa shape index (κ1) is 23.3. The summed E-state index contributed by atoms with van der Waals surface area (Å²) < 4.78 is 37.8. The van der Waals surface area contributed by atoms with Gasteiger partial charge < -0.3 is 14.8 Å². The average molecular weight is 473 g/mol. The average Bonchev–Trinajstić information content (AvgIpc) is 2.95. The molecule has 0 unspecified atom stereocenters.